The van der Waals surface area contributed by atoms with Crippen molar-refractivity contribution in [2.24, 2.45) is 17.6 Å². The van der Waals surface area contributed by atoms with Gasteiger partial charge in [0, 0.05) is 25.9 Å². The van der Waals surface area contributed by atoms with E-state index >= 15 is 0 Å². The molecule has 1 aromatic rings. The molecule has 0 saturated carbocycles. The largest absolute Gasteiger partial charge is 0.445 e. The summed E-state index contributed by atoms with van der Waals surface area (Å²) in [5.74, 6) is -4.66. The van der Waals surface area contributed by atoms with E-state index in [1.54, 1.807) is 32.4 Å². The van der Waals surface area contributed by atoms with E-state index in [1.165, 1.54) is 4.90 Å². The molecule has 1 aliphatic heterocycles. The number of carbonyl (C=O) groups is 8. The average molecular weight is 865 g/mol. The lowest BCUT2D eigenvalue weighted by Crippen LogP contribution is -2.59. The summed E-state index contributed by atoms with van der Waals surface area (Å²) in [7, 11) is -3.85. The fourth-order valence-corrected chi connectivity index (χ4v) is 6.90. The zero-order chi connectivity index (χ0) is 44.8. The van der Waals surface area contributed by atoms with Gasteiger partial charge in [0.1, 0.15) is 37.1 Å². The predicted octanol–water partition coefficient (Wildman–Crippen LogP) is 0.509. The molecule has 0 aromatic heterocycles. The smallest absolute Gasteiger partial charge is 0.407 e. The summed E-state index contributed by atoms with van der Waals surface area (Å²) < 4.78 is 29.8. The number of hydrogen-bond donors (Lipinski definition) is 7. The number of aldehydes is 1. The Labute approximate surface area is 352 Å². The summed E-state index contributed by atoms with van der Waals surface area (Å²) in [5, 5.41) is 13.4. The first kappa shape index (κ1) is 51.0. The fourth-order valence-electron chi connectivity index (χ4n) is 6.38. The molecule has 336 valence electrons. The topological polar surface area (TPSA) is 281 Å². The number of ether oxygens (including phenoxy) is 1. The van der Waals surface area contributed by atoms with Gasteiger partial charge in [-0.25, -0.2) is 13.2 Å². The fraction of sp³-hybridized carbons (Fsp3) is 0.650. The molecule has 5 atom stereocenters. The lowest BCUT2D eigenvalue weighted by atomic mass is 10.00. The second-order valence-corrected chi connectivity index (χ2v) is 17.3. The van der Waals surface area contributed by atoms with Crippen LogP contribution in [0.5, 0.6) is 0 Å². The van der Waals surface area contributed by atoms with E-state index in [1.807, 2.05) is 30.3 Å². The number of amides is 7. The van der Waals surface area contributed by atoms with Crippen molar-refractivity contribution in [3.05, 3.63) is 35.9 Å². The second-order valence-electron chi connectivity index (χ2n) is 15.6. The van der Waals surface area contributed by atoms with Crippen LogP contribution in [-0.2, 0) is 54.9 Å². The summed E-state index contributed by atoms with van der Waals surface area (Å²) in [4.78, 5) is 105. The van der Waals surface area contributed by atoms with Crippen molar-refractivity contribution in [3.8, 4) is 0 Å². The Morgan fingerprint density at radius 2 is 1.48 bits per heavy atom. The number of nitrogens with two attached hydrogens (primary N) is 1. The van der Waals surface area contributed by atoms with Crippen LogP contribution in [0.1, 0.15) is 97.5 Å². The maximum absolute atomic E-state index is 14.0. The minimum atomic E-state index is -3.85. The number of carbonyl (C=O) groups excluding carboxylic acids is 8. The Bertz CT molecular complexity index is 1710. The SMILES string of the molecule is CC(C)[C@H](NC(=O)[C@H](CCCCNC(=O)OCc1ccccc1)NC(=O)CCC(=O)NS(C)(=O)=O)C(=O)N[C@@H](CCCCN)C(=O)N1CCC[C@H]1C(=O)N[C@H](C=O)C(C)C. The maximum atomic E-state index is 14.0. The molecule has 20 heteroatoms. The quantitative estimate of drug-likeness (QED) is 0.0496. The molecule has 1 fully saturated rings. The lowest BCUT2D eigenvalue weighted by Gasteiger charge is -2.31. The predicted molar refractivity (Wildman–Crippen MR) is 222 cm³/mol. The molecule has 7 amide bonds. The second kappa shape index (κ2) is 26.2. The number of nitrogens with zero attached hydrogens (tertiary/aromatic N) is 1. The number of alkyl carbamates (subject to hydrolysis) is 1. The average Bonchev–Trinajstić information content (AvgIpc) is 3.69. The van der Waals surface area contributed by atoms with Crippen molar-refractivity contribution in [3.63, 3.8) is 0 Å². The van der Waals surface area contributed by atoms with Crippen molar-refractivity contribution in [2.75, 3.05) is 25.9 Å². The normalized spacial score (nSPS) is 15.9. The number of likely N-dealkylation sites (tertiary alicyclic amines) is 1. The van der Waals surface area contributed by atoms with Gasteiger partial charge in [0.2, 0.25) is 45.5 Å². The van der Waals surface area contributed by atoms with Gasteiger partial charge in [0.05, 0.1) is 12.3 Å². The Balaban J connectivity index is 2.17. The van der Waals surface area contributed by atoms with Gasteiger partial charge >= 0.3 is 6.09 Å². The number of rotatable bonds is 26. The molecule has 0 spiro atoms. The van der Waals surface area contributed by atoms with Crippen LogP contribution in [0.25, 0.3) is 0 Å². The van der Waals surface area contributed by atoms with Gasteiger partial charge in [0.25, 0.3) is 0 Å². The third kappa shape index (κ3) is 18.9. The van der Waals surface area contributed by atoms with Crippen molar-refractivity contribution >= 4 is 57.8 Å². The molecule has 1 heterocycles. The first-order valence-corrected chi connectivity index (χ1v) is 22.4. The van der Waals surface area contributed by atoms with Crippen LogP contribution in [0.2, 0.25) is 0 Å². The minimum absolute atomic E-state index is 0.0562. The van der Waals surface area contributed by atoms with Gasteiger partial charge in [-0.3, -0.25) is 33.5 Å². The molecule has 1 saturated heterocycles. The van der Waals surface area contributed by atoms with Crippen molar-refractivity contribution in [1.29, 1.82) is 0 Å². The lowest BCUT2D eigenvalue weighted by molar-refractivity contribution is -0.142. The molecular formula is C40H64N8O11S. The van der Waals surface area contributed by atoms with Gasteiger partial charge in [-0.15, -0.1) is 0 Å². The number of benzene rings is 1. The number of sulfonamides is 1. The van der Waals surface area contributed by atoms with Gasteiger partial charge in [-0.1, -0.05) is 58.0 Å². The first-order valence-electron chi connectivity index (χ1n) is 20.5. The Hall–Kier alpha value is -5.11. The number of hydrogen-bond acceptors (Lipinski definition) is 12. The highest BCUT2D eigenvalue weighted by molar-refractivity contribution is 7.89. The zero-order valence-electron chi connectivity index (χ0n) is 35.3. The van der Waals surface area contributed by atoms with Crippen LogP contribution < -0.4 is 37.0 Å². The molecular weight excluding hydrogens is 801 g/mol. The molecule has 1 aromatic carbocycles. The summed E-state index contributed by atoms with van der Waals surface area (Å²) in [6.45, 7) is 7.83. The van der Waals surface area contributed by atoms with Crippen molar-refractivity contribution in [2.45, 2.75) is 129 Å². The summed E-state index contributed by atoms with van der Waals surface area (Å²) in [5.41, 5.74) is 6.52. The van der Waals surface area contributed by atoms with E-state index in [-0.39, 0.29) is 38.5 Å². The van der Waals surface area contributed by atoms with Gasteiger partial charge in [-0.05, 0) is 75.3 Å². The van der Waals surface area contributed by atoms with Crippen LogP contribution in [0.15, 0.2) is 30.3 Å². The number of nitrogens with one attached hydrogen (secondary N) is 6. The molecule has 2 rings (SSSR count). The van der Waals surface area contributed by atoms with Crippen molar-refractivity contribution in [1.82, 2.24) is 36.2 Å². The van der Waals surface area contributed by atoms with E-state index < -0.39 is 101 Å². The third-order valence-corrected chi connectivity index (χ3v) is 10.4. The van der Waals surface area contributed by atoms with Crippen LogP contribution in [-0.4, -0.2) is 117 Å². The minimum Gasteiger partial charge on any atom is -0.445 e. The molecule has 0 unspecified atom stereocenters. The molecule has 8 N–H and O–H groups in total. The van der Waals surface area contributed by atoms with Crippen LogP contribution in [0.4, 0.5) is 4.79 Å². The Kier molecular flexibility index (Phi) is 22.3. The van der Waals surface area contributed by atoms with E-state index in [9.17, 15) is 46.8 Å². The molecule has 19 nitrogen and oxygen atoms in total. The Morgan fingerprint density at radius 3 is 2.10 bits per heavy atom. The van der Waals surface area contributed by atoms with Gasteiger partial charge in [-0.2, -0.15) is 0 Å². The number of unbranched alkanes of at least 4 members (excludes halogenated alkanes) is 2. The van der Waals surface area contributed by atoms with Crippen molar-refractivity contribution < 1.29 is 51.5 Å². The summed E-state index contributed by atoms with van der Waals surface area (Å²) in [6.07, 6.45) is 2.79. The van der Waals surface area contributed by atoms with E-state index in [0.29, 0.717) is 51.4 Å². The Morgan fingerprint density at radius 1 is 0.833 bits per heavy atom. The van der Waals surface area contributed by atoms with E-state index in [4.69, 9.17) is 10.5 Å². The maximum Gasteiger partial charge on any atom is 0.407 e. The summed E-state index contributed by atoms with van der Waals surface area (Å²) in [6, 6.07) is 4.07. The van der Waals surface area contributed by atoms with Crippen LogP contribution in [0, 0.1) is 11.8 Å². The molecule has 0 aliphatic carbocycles. The van der Waals surface area contributed by atoms with Crippen LogP contribution >= 0.6 is 0 Å². The zero-order valence-corrected chi connectivity index (χ0v) is 36.1. The van der Waals surface area contributed by atoms with Gasteiger partial charge < -0.3 is 46.7 Å². The summed E-state index contributed by atoms with van der Waals surface area (Å²) >= 11 is 0. The highest BCUT2D eigenvalue weighted by Gasteiger charge is 2.39. The van der Waals surface area contributed by atoms with Gasteiger partial charge in [0.15, 0.2) is 0 Å². The van der Waals surface area contributed by atoms with E-state index in [2.05, 4.69) is 26.6 Å². The molecule has 1 aliphatic rings. The highest BCUT2D eigenvalue weighted by atomic mass is 32.2. The third-order valence-electron chi connectivity index (χ3n) is 9.75. The standard InChI is InChI=1S/C40H64N8O11S/c1-26(2)31(24-49)45-37(53)32-18-13-23-48(32)39(55)30(17-9-11-21-41)44-38(54)35(27(3)4)46-36(52)29(43-33(50)19-20-34(51)47-60(5,57)58)16-10-12-22-42-40(56)59-25-28-14-7-6-8-15-28/h6-8,14-15,24,26-27,29-32,35H,9-13,16-23,25,41H2,1-5H3,(H,42,56)(H,43,50)(H,44,54)(H,45,53)(H,46,52)(H,47,51)/t29-,30-,31+,32-,35-/m0/s1. The first-order chi connectivity index (χ1) is 28.4. The molecule has 60 heavy (non-hydrogen) atoms. The monoisotopic (exact) mass is 864 g/mol. The van der Waals surface area contributed by atoms with E-state index in [0.717, 1.165) is 11.8 Å². The molecule has 0 bridgehead atoms. The molecule has 0 radical (unpaired) electrons. The van der Waals surface area contributed by atoms with Crippen LogP contribution in [0.3, 0.4) is 0 Å². The highest BCUT2D eigenvalue weighted by Crippen LogP contribution is 2.21.